The molecular weight excluding hydrogens is 143 g/mol. The lowest BCUT2D eigenvalue weighted by molar-refractivity contribution is -0.110. The second-order valence-corrected chi connectivity index (χ2v) is 3.49. The predicted octanol–water partition coefficient (Wildman–Crippen LogP) is 2.40. The Hall–Kier alpha value is -0.920. The van der Waals surface area contributed by atoms with Crippen molar-refractivity contribution in [2.75, 3.05) is 0 Å². The van der Waals surface area contributed by atoms with Crippen molar-refractivity contribution in [3.63, 3.8) is 0 Å². The van der Waals surface area contributed by atoms with Gasteiger partial charge in [-0.15, -0.1) is 0 Å². The number of carbonyl (C=O) groups excluding carboxylic acids is 1. The summed E-state index contributed by atoms with van der Waals surface area (Å²) in [6, 6.07) is 0. The van der Waals surface area contributed by atoms with E-state index in [4.69, 9.17) is 0 Å². The molecule has 0 aromatic rings. The average molecular weight is 154 g/mol. The third kappa shape index (κ3) is 2.30. The van der Waals surface area contributed by atoms with Crippen LogP contribution in [0.5, 0.6) is 0 Å². The molecule has 0 radical (unpaired) electrons. The Labute approximate surface area is 65.6 Å². The van der Waals surface area contributed by atoms with Crippen molar-refractivity contribution in [3.8, 4) is 0 Å². The number of hydrogen-bond donors (Lipinski definition) is 0. The lowest BCUT2D eigenvalue weighted by Crippen LogP contribution is -2.05. The van der Waals surface area contributed by atoms with Crippen LogP contribution >= 0.6 is 0 Å². The quantitative estimate of drug-likeness (QED) is 0.523. The Kier molecular flexibility index (Phi) is 1.94. The van der Waals surface area contributed by atoms with Gasteiger partial charge in [0, 0.05) is 12.5 Å². The molecule has 0 atom stereocenters. The van der Waals surface area contributed by atoms with Crippen molar-refractivity contribution in [2.24, 2.45) is 5.41 Å². The zero-order chi connectivity index (χ0) is 8.48. The Balaban J connectivity index is 2.92. The summed E-state index contributed by atoms with van der Waals surface area (Å²) >= 11 is 0. The van der Waals surface area contributed by atoms with E-state index in [0.29, 0.717) is 6.42 Å². The molecule has 0 aromatic heterocycles. The van der Waals surface area contributed by atoms with Gasteiger partial charge in [0.2, 0.25) is 0 Å². The fourth-order valence-corrected chi connectivity index (χ4v) is 1.06. The maximum atomic E-state index is 12.8. The van der Waals surface area contributed by atoms with Gasteiger partial charge in [0.05, 0.1) is 0 Å². The molecule has 0 amide bonds. The highest BCUT2D eigenvalue weighted by Crippen LogP contribution is 2.29. The normalized spacial score (nSPS) is 22.8. The minimum atomic E-state index is -0.329. The van der Waals surface area contributed by atoms with Crippen LogP contribution in [0.25, 0.3) is 0 Å². The van der Waals surface area contributed by atoms with Crippen molar-refractivity contribution < 1.29 is 9.18 Å². The fraction of sp³-hybridized carbons (Fsp3) is 0.444. The first kappa shape index (κ1) is 8.18. The van der Waals surface area contributed by atoms with Gasteiger partial charge in [-0.25, -0.2) is 4.39 Å². The van der Waals surface area contributed by atoms with Crippen molar-refractivity contribution in [2.45, 2.75) is 20.3 Å². The molecule has 1 aliphatic rings. The highest BCUT2D eigenvalue weighted by Gasteiger charge is 2.19. The van der Waals surface area contributed by atoms with E-state index in [2.05, 4.69) is 0 Å². The highest BCUT2D eigenvalue weighted by molar-refractivity contribution is 5.99. The third-order valence-corrected chi connectivity index (χ3v) is 1.62. The second kappa shape index (κ2) is 2.61. The van der Waals surface area contributed by atoms with Gasteiger partial charge in [0.25, 0.3) is 0 Å². The van der Waals surface area contributed by atoms with Gasteiger partial charge in [0.1, 0.15) is 5.83 Å². The minimum absolute atomic E-state index is 0.229. The summed E-state index contributed by atoms with van der Waals surface area (Å²) in [5, 5.41) is 0. The van der Waals surface area contributed by atoms with E-state index in [1.54, 1.807) is 6.08 Å². The molecule has 1 nitrogen and oxygen atoms in total. The van der Waals surface area contributed by atoms with E-state index in [-0.39, 0.29) is 17.0 Å². The van der Waals surface area contributed by atoms with Crippen molar-refractivity contribution in [1.29, 1.82) is 0 Å². The molecular formula is C9H11FO. The van der Waals surface area contributed by atoms with Gasteiger partial charge in [0.15, 0.2) is 5.78 Å². The molecule has 0 unspecified atom stereocenters. The molecule has 0 saturated heterocycles. The molecule has 0 heterocycles. The zero-order valence-electron chi connectivity index (χ0n) is 6.73. The van der Waals surface area contributed by atoms with Gasteiger partial charge < -0.3 is 0 Å². The Morgan fingerprint density at radius 1 is 1.55 bits per heavy atom. The Bertz CT molecular complexity index is 236. The van der Waals surface area contributed by atoms with E-state index < -0.39 is 0 Å². The van der Waals surface area contributed by atoms with E-state index in [1.165, 1.54) is 6.08 Å². The van der Waals surface area contributed by atoms with Gasteiger partial charge in [-0.3, -0.25) is 4.79 Å². The van der Waals surface area contributed by atoms with E-state index in [9.17, 15) is 9.18 Å². The molecule has 60 valence electrons. The number of carbonyl (C=O) groups is 1. The lowest BCUT2D eigenvalue weighted by atomic mass is 9.89. The van der Waals surface area contributed by atoms with Crippen LogP contribution in [0.1, 0.15) is 20.3 Å². The van der Waals surface area contributed by atoms with Crippen LogP contribution in [-0.4, -0.2) is 5.78 Å². The van der Waals surface area contributed by atoms with Crippen LogP contribution in [0.15, 0.2) is 24.1 Å². The Morgan fingerprint density at radius 2 is 2.18 bits per heavy atom. The molecule has 2 heteroatoms. The topological polar surface area (TPSA) is 17.1 Å². The standard InChI is InChI=1S/C9H11FO/c1-9(2)4-3-8(11)5-7(10)6-9/h3-5H,6H2,1-2H3. The molecule has 0 N–H and O–H groups in total. The maximum Gasteiger partial charge on any atom is 0.180 e. The molecule has 11 heavy (non-hydrogen) atoms. The van der Waals surface area contributed by atoms with Crippen LogP contribution in [-0.2, 0) is 4.79 Å². The second-order valence-electron chi connectivity index (χ2n) is 3.49. The fourth-order valence-electron chi connectivity index (χ4n) is 1.06. The molecule has 0 bridgehead atoms. The van der Waals surface area contributed by atoms with Crippen molar-refractivity contribution in [1.82, 2.24) is 0 Å². The summed E-state index contributed by atoms with van der Waals surface area (Å²) in [5.41, 5.74) is -0.229. The smallest absolute Gasteiger partial charge is 0.180 e. The minimum Gasteiger partial charge on any atom is -0.290 e. The first-order chi connectivity index (χ1) is 4.99. The molecule has 0 aliphatic heterocycles. The third-order valence-electron chi connectivity index (χ3n) is 1.62. The van der Waals surface area contributed by atoms with Crippen molar-refractivity contribution in [3.05, 3.63) is 24.1 Å². The summed E-state index contributed by atoms with van der Waals surface area (Å²) in [6.07, 6.45) is 4.53. The number of rotatable bonds is 0. The maximum absolute atomic E-state index is 12.8. The molecule has 1 rings (SSSR count). The van der Waals surface area contributed by atoms with Crippen LogP contribution in [0.2, 0.25) is 0 Å². The van der Waals surface area contributed by atoms with E-state index in [1.807, 2.05) is 13.8 Å². The SMILES string of the molecule is CC1(C)C=CC(=O)C=C(F)C1. The Morgan fingerprint density at radius 3 is 2.82 bits per heavy atom. The van der Waals surface area contributed by atoms with Crippen molar-refractivity contribution >= 4 is 5.78 Å². The van der Waals surface area contributed by atoms with Gasteiger partial charge in [-0.05, 0) is 11.5 Å². The van der Waals surface area contributed by atoms with Crippen LogP contribution in [0.3, 0.4) is 0 Å². The monoisotopic (exact) mass is 154 g/mol. The molecule has 0 spiro atoms. The zero-order valence-corrected chi connectivity index (χ0v) is 6.73. The molecule has 0 fully saturated rings. The summed E-state index contributed by atoms with van der Waals surface area (Å²) < 4.78 is 12.8. The molecule has 1 aliphatic carbocycles. The molecule has 0 saturated carbocycles. The average Bonchev–Trinajstić information content (AvgIpc) is 1.90. The number of allylic oxidation sites excluding steroid dienone is 4. The first-order valence-electron chi connectivity index (χ1n) is 3.59. The summed E-state index contributed by atoms with van der Waals surface area (Å²) in [4.78, 5) is 10.8. The van der Waals surface area contributed by atoms with Gasteiger partial charge >= 0.3 is 0 Å². The van der Waals surface area contributed by atoms with E-state index >= 15 is 0 Å². The van der Waals surface area contributed by atoms with E-state index in [0.717, 1.165) is 6.08 Å². The lowest BCUT2D eigenvalue weighted by Gasteiger charge is -2.16. The summed E-state index contributed by atoms with van der Waals surface area (Å²) in [7, 11) is 0. The predicted molar refractivity (Wildman–Crippen MR) is 41.7 cm³/mol. The number of ketones is 1. The molecule has 0 aromatic carbocycles. The van der Waals surface area contributed by atoms with Crippen LogP contribution in [0.4, 0.5) is 4.39 Å². The first-order valence-corrected chi connectivity index (χ1v) is 3.59. The van der Waals surface area contributed by atoms with Crippen LogP contribution in [0, 0.1) is 5.41 Å². The summed E-state index contributed by atoms with van der Waals surface area (Å²) in [5.74, 6) is -0.585. The van der Waals surface area contributed by atoms with Gasteiger partial charge in [-0.2, -0.15) is 0 Å². The highest BCUT2D eigenvalue weighted by atomic mass is 19.1. The number of halogens is 1. The van der Waals surface area contributed by atoms with Gasteiger partial charge in [-0.1, -0.05) is 19.9 Å². The summed E-state index contributed by atoms with van der Waals surface area (Å²) in [6.45, 7) is 3.80. The largest absolute Gasteiger partial charge is 0.290 e. The number of hydrogen-bond acceptors (Lipinski definition) is 1. The van der Waals surface area contributed by atoms with Crippen LogP contribution < -0.4 is 0 Å².